The van der Waals surface area contributed by atoms with Crippen LogP contribution < -0.4 is 4.74 Å². The standard InChI is InChI=1S/C18H18N2O2/c1-21-10-11-22-18-16(12-19)14-8-5-9-15(14)17(20-18)13-6-3-2-4-7-13/h2-4,6-7H,5,8-11H2,1H3. The van der Waals surface area contributed by atoms with Crippen LogP contribution in [0.3, 0.4) is 0 Å². The summed E-state index contributed by atoms with van der Waals surface area (Å²) in [5.41, 5.74) is 4.90. The van der Waals surface area contributed by atoms with Gasteiger partial charge in [0.15, 0.2) is 0 Å². The molecule has 3 rings (SSSR count). The van der Waals surface area contributed by atoms with E-state index < -0.39 is 0 Å². The topological polar surface area (TPSA) is 55.1 Å². The summed E-state index contributed by atoms with van der Waals surface area (Å²) in [6.07, 6.45) is 2.95. The molecule has 0 spiro atoms. The number of benzene rings is 1. The number of methoxy groups -OCH3 is 1. The van der Waals surface area contributed by atoms with E-state index >= 15 is 0 Å². The van der Waals surface area contributed by atoms with Gasteiger partial charge in [0.2, 0.25) is 5.88 Å². The van der Waals surface area contributed by atoms with Crippen LogP contribution in [0.15, 0.2) is 30.3 Å². The van der Waals surface area contributed by atoms with Gasteiger partial charge in [-0.05, 0) is 30.4 Å². The molecule has 112 valence electrons. The summed E-state index contributed by atoms with van der Waals surface area (Å²) in [4.78, 5) is 4.66. The Morgan fingerprint density at radius 3 is 2.64 bits per heavy atom. The summed E-state index contributed by atoms with van der Waals surface area (Å²) in [6.45, 7) is 0.871. The molecule has 1 aromatic heterocycles. The minimum Gasteiger partial charge on any atom is -0.474 e. The minimum absolute atomic E-state index is 0.394. The number of hydrogen-bond acceptors (Lipinski definition) is 4. The van der Waals surface area contributed by atoms with Crippen LogP contribution in [-0.2, 0) is 17.6 Å². The van der Waals surface area contributed by atoms with Gasteiger partial charge in [0.25, 0.3) is 0 Å². The molecule has 4 nitrogen and oxygen atoms in total. The molecule has 0 fully saturated rings. The van der Waals surface area contributed by atoms with Crippen LogP contribution >= 0.6 is 0 Å². The summed E-state index contributed by atoms with van der Waals surface area (Å²) in [6, 6.07) is 12.4. The van der Waals surface area contributed by atoms with Gasteiger partial charge in [0.05, 0.1) is 12.3 Å². The summed E-state index contributed by atoms with van der Waals surface area (Å²) >= 11 is 0. The van der Waals surface area contributed by atoms with Crippen LogP contribution in [-0.4, -0.2) is 25.3 Å². The third-order valence-corrected chi connectivity index (χ3v) is 3.92. The quantitative estimate of drug-likeness (QED) is 0.795. The van der Waals surface area contributed by atoms with Crippen LogP contribution in [0.5, 0.6) is 5.88 Å². The molecule has 0 unspecified atom stereocenters. The second kappa shape index (κ2) is 6.59. The Kier molecular flexibility index (Phi) is 4.36. The van der Waals surface area contributed by atoms with Gasteiger partial charge < -0.3 is 9.47 Å². The first-order valence-corrected chi connectivity index (χ1v) is 7.48. The fraction of sp³-hybridized carbons (Fsp3) is 0.333. The first-order chi connectivity index (χ1) is 10.8. The van der Waals surface area contributed by atoms with Crippen LogP contribution in [0.4, 0.5) is 0 Å². The van der Waals surface area contributed by atoms with Gasteiger partial charge >= 0.3 is 0 Å². The average Bonchev–Trinajstić information content (AvgIpc) is 3.04. The molecule has 0 atom stereocenters. The summed E-state index contributed by atoms with van der Waals surface area (Å²) in [7, 11) is 1.63. The third-order valence-electron chi connectivity index (χ3n) is 3.92. The lowest BCUT2D eigenvalue weighted by Gasteiger charge is -2.14. The molecule has 1 heterocycles. The van der Waals surface area contributed by atoms with E-state index in [2.05, 4.69) is 11.1 Å². The maximum atomic E-state index is 9.50. The summed E-state index contributed by atoms with van der Waals surface area (Å²) in [5.74, 6) is 0.430. The summed E-state index contributed by atoms with van der Waals surface area (Å²) < 4.78 is 10.7. The van der Waals surface area contributed by atoms with Crippen molar-refractivity contribution in [2.24, 2.45) is 0 Å². The molecule has 1 aliphatic carbocycles. The maximum Gasteiger partial charge on any atom is 0.232 e. The van der Waals surface area contributed by atoms with Gasteiger partial charge in [-0.1, -0.05) is 30.3 Å². The molecule has 0 aliphatic heterocycles. The first kappa shape index (κ1) is 14.6. The van der Waals surface area contributed by atoms with E-state index in [0.717, 1.165) is 36.1 Å². The second-order valence-corrected chi connectivity index (χ2v) is 5.27. The third kappa shape index (κ3) is 2.68. The molecule has 1 aromatic carbocycles. The predicted molar refractivity (Wildman–Crippen MR) is 83.8 cm³/mol. The van der Waals surface area contributed by atoms with Crippen molar-refractivity contribution in [3.05, 3.63) is 47.0 Å². The van der Waals surface area contributed by atoms with Crippen molar-refractivity contribution in [2.45, 2.75) is 19.3 Å². The molecule has 0 radical (unpaired) electrons. The number of nitrogens with zero attached hydrogens (tertiary/aromatic N) is 2. The Balaban J connectivity index is 2.09. The van der Waals surface area contributed by atoms with Crippen LogP contribution in [0.2, 0.25) is 0 Å². The van der Waals surface area contributed by atoms with Crippen molar-refractivity contribution < 1.29 is 9.47 Å². The van der Waals surface area contributed by atoms with Gasteiger partial charge in [-0.2, -0.15) is 5.26 Å². The molecule has 0 N–H and O–H groups in total. The van der Waals surface area contributed by atoms with Crippen LogP contribution in [0.1, 0.15) is 23.1 Å². The lowest BCUT2D eigenvalue weighted by molar-refractivity contribution is 0.143. The van der Waals surface area contributed by atoms with E-state index in [0.29, 0.717) is 24.7 Å². The van der Waals surface area contributed by atoms with Crippen molar-refractivity contribution in [1.82, 2.24) is 4.98 Å². The van der Waals surface area contributed by atoms with Crippen molar-refractivity contribution in [3.63, 3.8) is 0 Å². The Bertz CT molecular complexity index is 705. The highest BCUT2D eigenvalue weighted by molar-refractivity contribution is 5.69. The maximum absolute atomic E-state index is 9.50. The number of ether oxygens (including phenoxy) is 2. The van der Waals surface area contributed by atoms with E-state index in [1.54, 1.807) is 7.11 Å². The first-order valence-electron chi connectivity index (χ1n) is 7.48. The number of fused-ring (bicyclic) bond motifs is 1. The van der Waals surface area contributed by atoms with Crippen molar-refractivity contribution >= 4 is 0 Å². The number of pyridine rings is 1. The van der Waals surface area contributed by atoms with Crippen molar-refractivity contribution in [1.29, 1.82) is 5.26 Å². The average molecular weight is 294 g/mol. The highest BCUT2D eigenvalue weighted by Crippen LogP contribution is 2.36. The number of nitriles is 1. The van der Waals surface area contributed by atoms with Crippen molar-refractivity contribution in [3.8, 4) is 23.2 Å². The Morgan fingerprint density at radius 1 is 1.14 bits per heavy atom. The fourth-order valence-electron chi connectivity index (χ4n) is 2.91. The van der Waals surface area contributed by atoms with Gasteiger partial charge in [0, 0.05) is 12.7 Å². The zero-order valence-electron chi connectivity index (χ0n) is 12.6. The van der Waals surface area contributed by atoms with E-state index in [1.807, 2.05) is 30.3 Å². The molecule has 0 bridgehead atoms. The minimum atomic E-state index is 0.394. The van der Waals surface area contributed by atoms with Crippen LogP contribution in [0.25, 0.3) is 11.3 Å². The zero-order chi connectivity index (χ0) is 15.4. The van der Waals surface area contributed by atoms with Gasteiger partial charge in [0.1, 0.15) is 18.2 Å². The predicted octanol–water partition coefficient (Wildman–Crippen LogP) is 3.13. The van der Waals surface area contributed by atoms with E-state index in [4.69, 9.17) is 9.47 Å². The molecular formula is C18H18N2O2. The normalized spacial score (nSPS) is 12.7. The monoisotopic (exact) mass is 294 g/mol. The number of hydrogen-bond donors (Lipinski definition) is 0. The number of aromatic nitrogens is 1. The van der Waals surface area contributed by atoms with E-state index in [-0.39, 0.29) is 0 Å². The largest absolute Gasteiger partial charge is 0.474 e. The molecule has 0 saturated carbocycles. The second-order valence-electron chi connectivity index (χ2n) is 5.27. The Hall–Kier alpha value is -2.38. The van der Waals surface area contributed by atoms with E-state index in [1.165, 1.54) is 5.56 Å². The highest BCUT2D eigenvalue weighted by Gasteiger charge is 2.24. The lowest BCUT2D eigenvalue weighted by Crippen LogP contribution is -2.09. The molecule has 4 heteroatoms. The smallest absolute Gasteiger partial charge is 0.232 e. The Morgan fingerprint density at radius 2 is 1.91 bits per heavy atom. The van der Waals surface area contributed by atoms with E-state index in [9.17, 15) is 5.26 Å². The number of rotatable bonds is 5. The van der Waals surface area contributed by atoms with Gasteiger partial charge in [-0.25, -0.2) is 4.98 Å². The Labute approximate surface area is 130 Å². The molecule has 2 aromatic rings. The van der Waals surface area contributed by atoms with Crippen LogP contribution in [0, 0.1) is 11.3 Å². The van der Waals surface area contributed by atoms with Gasteiger partial charge in [-0.3, -0.25) is 0 Å². The lowest BCUT2D eigenvalue weighted by atomic mass is 9.99. The van der Waals surface area contributed by atoms with Crippen molar-refractivity contribution in [2.75, 3.05) is 20.3 Å². The molecule has 0 amide bonds. The molecule has 0 saturated heterocycles. The molecular weight excluding hydrogens is 276 g/mol. The zero-order valence-corrected chi connectivity index (χ0v) is 12.6. The SMILES string of the molecule is COCCOc1nc(-c2ccccc2)c2c(c1C#N)CCC2. The molecule has 1 aliphatic rings. The van der Waals surface area contributed by atoms with Gasteiger partial charge in [-0.15, -0.1) is 0 Å². The highest BCUT2D eigenvalue weighted by atomic mass is 16.5. The molecule has 22 heavy (non-hydrogen) atoms. The summed E-state index contributed by atoms with van der Waals surface area (Å²) in [5, 5.41) is 9.50. The fourth-order valence-corrected chi connectivity index (χ4v) is 2.91.